The minimum absolute atomic E-state index is 0.0356. The highest BCUT2D eigenvalue weighted by molar-refractivity contribution is 5.98. The van der Waals surface area contributed by atoms with Crippen molar-refractivity contribution in [1.29, 1.82) is 0 Å². The molecule has 3 rings (SSSR count). The van der Waals surface area contributed by atoms with Crippen molar-refractivity contribution >= 4 is 16.9 Å². The number of carbonyl (C=O) groups excluding carboxylic acids is 1. The third kappa shape index (κ3) is 2.31. The quantitative estimate of drug-likeness (QED) is 0.845. The molecule has 4 heteroatoms. The van der Waals surface area contributed by atoms with E-state index in [0.29, 0.717) is 5.76 Å². The number of hydrogen-bond donors (Lipinski definition) is 1. The molecule has 4 nitrogen and oxygen atoms in total. The van der Waals surface area contributed by atoms with Crippen LogP contribution in [0.3, 0.4) is 0 Å². The normalized spacial score (nSPS) is 20.1. The number of likely N-dealkylation sites (N-methyl/N-ethyl adjacent to an activating group) is 1. The number of carbonyl (C=O) groups is 1. The Morgan fingerprint density at radius 2 is 2.05 bits per heavy atom. The fourth-order valence-electron chi connectivity index (χ4n) is 2.86. The number of amides is 1. The molecule has 1 fully saturated rings. The first-order valence-corrected chi connectivity index (χ1v) is 7.25. The molecule has 1 aliphatic rings. The van der Waals surface area contributed by atoms with Crippen LogP contribution in [0.5, 0.6) is 0 Å². The van der Waals surface area contributed by atoms with Crippen LogP contribution >= 0.6 is 0 Å². The van der Waals surface area contributed by atoms with Gasteiger partial charge in [-0.25, -0.2) is 0 Å². The summed E-state index contributed by atoms with van der Waals surface area (Å²) in [6.07, 6.45) is 1.05. The van der Waals surface area contributed by atoms with E-state index >= 15 is 0 Å². The first kappa shape index (κ1) is 13.2. The standard InChI is InChI=1S/C16H20N2O2/c1-12-13-6-3-4-7-14(13)20-15(12)16(19)18-9-5-8-17(2)10-11-18/h3-4,6-7H,5,8-11H2,1-2H3/p+1. The number of hydrogen-bond acceptors (Lipinski definition) is 2. The molecule has 1 aromatic carbocycles. The molecule has 0 saturated carbocycles. The van der Waals surface area contributed by atoms with E-state index in [1.807, 2.05) is 36.1 Å². The second-order valence-electron chi connectivity index (χ2n) is 5.66. The number of benzene rings is 1. The Morgan fingerprint density at radius 3 is 2.85 bits per heavy atom. The Balaban J connectivity index is 1.90. The first-order chi connectivity index (χ1) is 9.66. The van der Waals surface area contributed by atoms with Crippen LogP contribution in [0.1, 0.15) is 22.5 Å². The van der Waals surface area contributed by atoms with Gasteiger partial charge in [0.2, 0.25) is 0 Å². The molecule has 1 amide bonds. The Labute approximate surface area is 119 Å². The lowest BCUT2D eigenvalue weighted by atomic mass is 10.1. The van der Waals surface area contributed by atoms with Crippen LogP contribution in [-0.2, 0) is 0 Å². The average Bonchev–Trinajstić information content (AvgIpc) is 2.64. The summed E-state index contributed by atoms with van der Waals surface area (Å²) < 4.78 is 5.78. The molecule has 106 valence electrons. The molecular formula is C16H21N2O2+. The van der Waals surface area contributed by atoms with Gasteiger partial charge >= 0.3 is 0 Å². The van der Waals surface area contributed by atoms with Gasteiger partial charge in [-0.1, -0.05) is 18.2 Å². The highest BCUT2D eigenvalue weighted by Crippen LogP contribution is 2.25. The molecule has 1 N–H and O–H groups in total. The van der Waals surface area contributed by atoms with Gasteiger partial charge in [-0.3, -0.25) is 4.79 Å². The zero-order valence-electron chi connectivity index (χ0n) is 12.1. The molecule has 1 atom stereocenters. The SMILES string of the molecule is Cc1c(C(=O)N2CCC[NH+](C)CC2)oc2ccccc12. The van der Waals surface area contributed by atoms with Gasteiger partial charge in [-0.2, -0.15) is 0 Å². The molecule has 1 saturated heterocycles. The molecule has 2 heterocycles. The number of aryl methyl sites for hydroxylation is 1. The second kappa shape index (κ2) is 5.29. The summed E-state index contributed by atoms with van der Waals surface area (Å²) in [7, 11) is 2.18. The molecule has 2 aromatic rings. The monoisotopic (exact) mass is 273 g/mol. The molecular weight excluding hydrogens is 252 g/mol. The number of nitrogens with zero attached hydrogens (tertiary/aromatic N) is 1. The van der Waals surface area contributed by atoms with Gasteiger partial charge in [-0.15, -0.1) is 0 Å². The number of nitrogens with one attached hydrogen (secondary N) is 1. The molecule has 0 aliphatic carbocycles. The van der Waals surface area contributed by atoms with Gasteiger partial charge in [0.25, 0.3) is 5.91 Å². The van der Waals surface area contributed by atoms with Gasteiger partial charge in [0.15, 0.2) is 5.76 Å². The third-order valence-electron chi connectivity index (χ3n) is 4.17. The van der Waals surface area contributed by atoms with Crippen LogP contribution in [-0.4, -0.2) is 44.0 Å². The molecule has 20 heavy (non-hydrogen) atoms. The number of para-hydroxylation sites is 1. The zero-order chi connectivity index (χ0) is 14.1. The van der Waals surface area contributed by atoms with Crippen molar-refractivity contribution in [3.05, 3.63) is 35.6 Å². The Bertz CT molecular complexity index is 632. The highest BCUT2D eigenvalue weighted by atomic mass is 16.3. The Kier molecular flexibility index (Phi) is 3.49. The largest absolute Gasteiger partial charge is 0.451 e. The van der Waals surface area contributed by atoms with Crippen molar-refractivity contribution in [1.82, 2.24) is 4.90 Å². The predicted molar refractivity (Wildman–Crippen MR) is 78.1 cm³/mol. The van der Waals surface area contributed by atoms with Crippen LogP contribution in [0.4, 0.5) is 0 Å². The van der Waals surface area contributed by atoms with E-state index in [-0.39, 0.29) is 5.91 Å². The summed E-state index contributed by atoms with van der Waals surface area (Å²) in [4.78, 5) is 16.1. The van der Waals surface area contributed by atoms with Gasteiger partial charge in [0, 0.05) is 23.9 Å². The number of furan rings is 1. The predicted octanol–water partition coefficient (Wildman–Crippen LogP) is 1.10. The lowest BCUT2D eigenvalue weighted by Gasteiger charge is -2.18. The van der Waals surface area contributed by atoms with Crippen LogP contribution in [0, 0.1) is 6.92 Å². The van der Waals surface area contributed by atoms with E-state index in [9.17, 15) is 4.79 Å². The van der Waals surface area contributed by atoms with E-state index in [1.54, 1.807) is 0 Å². The minimum Gasteiger partial charge on any atom is -0.451 e. The summed E-state index contributed by atoms with van der Waals surface area (Å²) in [5.74, 6) is 0.541. The highest BCUT2D eigenvalue weighted by Gasteiger charge is 2.25. The van der Waals surface area contributed by atoms with Gasteiger partial charge in [0.1, 0.15) is 5.58 Å². The summed E-state index contributed by atoms with van der Waals surface area (Å²) in [6, 6.07) is 7.83. The van der Waals surface area contributed by atoms with Crippen molar-refractivity contribution in [2.45, 2.75) is 13.3 Å². The lowest BCUT2D eigenvalue weighted by molar-refractivity contribution is -0.877. The maximum absolute atomic E-state index is 12.7. The maximum atomic E-state index is 12.7. The Morgan fingerprint density at radius 1 is 1.25 bits per heavy atom. The number of quaternary nitrogens is 1. The third-order valence-corrected chi connectivity index (χ3v) is 4.17. The first-order valence-electron chi connectivity index (χ1n) is 7.25. The van der Waals surface area contributed by atoms with E-state index in [1.165, 1.54) is 4.90 Å². The number of fused-ring (bicyclic) bond motifs is 1. The van der Waals surface area contributed by atoms with Crippen molar-refractivity contribution in [2.75, 3.05) is 33.2 Å². The van der Waals surface area contributed by atoms with E-state index in [2.05, 4.69) is 7.05 Å². The fraction of sp³-hybridized carbons (Fsp3) is 0.438. The summed E-state index contributed by atoms with van der Waals surface area (Å²) in [5.41, 5.74) is 1.75. The Hall–Kier alpha value is -1.81. The van der Waals surface area contributed by atoms with E-state index in [0.717, 1.165) is 49.1 Å². The van der Waals surface area contributed by atoms with Crippen molar-refractivity contribution < 1.29 is 14.1 Å². The van der Waals surface area contributed by atoms with Crippen LogP contribution in [0.2, 0.25) is 0 Å². The smallest absolute Gasteiger partial charge is 0.290 e. The molecule has 0 radical (unpaired) electrons. The topological polar surface area (TPSA) is 37.9 Å². The van der Waals surface area contributed by atoms with Crippen molar-refractivity contribution in [2.24, 2.45) is 0 Å². The molecule has 1 unspecified atom stereocenters. The van der Waals surface area contributed by atoms with Crippen LogP contribution < -0.4 is 4.90 Å². The second-order valence-corrected chi connectivity index (χ2v) is 5.66. The van der Waals surface area contributed by atoms with Crippen LogP contribution in [0.25, 0.3) is 11.0 Å². The fourth-order valence-corrected chi connectivity index (χ4v) is 2.86. The average molecular weight is 273 g/mol. The summed E-state index contributed by atoms with van der Waals surface area (Å²) >= 11 is 0. The summed E-state index contributed by atoms with van der Waals surface area (Å²) in [6.45, 7) is 5.73. The van der Waals surface area contributed by atoms with E-state index in [4.69, 9.17) is 4.42 Å². The molecule has 1 aromatic heterocycles. The van der Waals surface area contributed by atoms with Gasteiger partial charge in [-0.05, 0) is 13.0 Å². The molecule has 0 spiro atoms. The molecule has 0 bridgehead atoms. The summed E-state index contributed by atoms with van der Waals surface area (Å²) in [5, 5.41) is 1.04. The van der Waals surface area contributed by atoms with Crippen molar-refractivity contribution in [3.63, 3.8) is 0 Å². The number of rotatable bonds is 1. The van der Waals surface area contributed by atoms with Gasteiger partial charge < -0.3 is 14.2 Å². The van der Waals surface area contributed by atoms with Crippen molar-refractivity contribution in [3.8, 4) is 0 Å². The lowest BCUT2D eigenvalue weighted by Crippen LogP contribution is -3.09. The maximum Gasteiger partial charge on any atom is 0.290 e. The van der Waals surface area contributed by atoms with Crippen LogP contribution in [0.15, 0.2) is 28.7 Å². The molecule has 1 aliphatic heterocycles. The minimum atomic E-state index is 0.0356. The zero-order valence-corrected chi connectivity index (χ0v) is 12.1. The van der Waals surface area contributed by atoms with Gasteiger partial charge in [0.05, 0.1) is 26.7 Å². The van der Waals surface area contributed by atoms with E-state index < -0.39 is 0 Å².